The van der Waals surface area contributed by atoms with Crippen molar-refractivity contribution < 1.29 is 23.9 Å². The van der Waals surface area contributed by atoms with E-state index in [1.54, 1.807) is 89.3 Å². The summed E-state index contributed by atoms with van der Waals surface area (Å²) in [5.74, 6) is -0.789. The van der Waals surface area contributed by atoms with Crippen LogP contribution in [0.1, 0.15) is 57.5 Å². The van der Waals surface area contributed by atoms with E-state index >= 15 is 0 Å². The topological polar surface area (TPSA) is 93.7 Å². The molecule has 0 aliphatic rings. The van der Waals surface area contributed by atoms with E-state index in [4.69, 9.17) is 9.47 Å². The van der Waals surface area contributed by atoms with E-state index in [1.807, 2.05) is 29.6 Å². The fourth-order valence-corrected chi connectivity index (χ4v) is 3.93. The maximum Gasteiger partial charge on any atom is 0.412 e. The Morgan fingerprint density at radius 1 is 0.811 bits per heavy atom. The molecular formula is C29H32N2O5S. The largest absolute Gasteiger partial charge is 0.457 e. The van der Waals surface area contributed by atoms with Crippen LogP contribution < -0.4 is 10.6 Å². The first-order valence-electron chi connectivity index (χ1n) is 11.8. The first-order chi connectivity index (χ1) is 17.3. The minimum absolute atomic E-state index is 0.349. The number of hydrogen-bond donors (Lipinski definition) is 2. The second-order valence-corrected chi connectivity index (χ2v) is 11.3. The maximum atomic E-state index is 13.1. The van der Waals surface area contributed by atoms with Crippen molar-refractivity contribution in [3.8, 4) is 10.4 Å². The molecule has 0 fully saturated rings. The summed E-state index contributed by atoms with van der Waals surface area (Å²) in [6.45, 7) is 10.7. The van der Waals surface area contributed by atoms with Crippen LogP contribution in [0.25, 0.3) is 16.5 Å². The van der Waals surface area contributed by atoms with Crippen molar-refractivity contribution in [1.29, 1.82) is 0 Å². The van der Waals surface area contributed by atoms with Gasteiger partial charge in [0.15, 0.2) is 0 Å². The van der Waals surface area contributed by atoms with Gasteiger partial charge in [-0.25, -0.2) is 9.59 Å². The molecule has 0 aliphatic heterocycles. The third-order valence-corrected chi connectivity index (χ3v) is 5.62. The van der Waals surface area contributed by atoms with Crippen molar-refractivity contribution in [2.75, 3.05) is 10.6 Å². The molecular weight excluding hydrogens is 488 g/mol. The van der Waals surface area contributed by atoms with Gasteiger partial charge in [0.05, 0.1) is 11.4 Å². The van der Waals surface area contributed by atoms with E-state index in [0.29, 0.717) is 16.9 Å². The molecule has 0 radical (unpaired) electrons. The summed E-state index contributed by atoms with van der Waals surface area (Å²) in [4.78, 5) is 38.4. The van der Waals surface area contributed by atoms with Crippen LogP contribution in [0.2, 0.25) is 0 Å². The van der Waals surface area contributed by atoms with Gasteiger partial charge in [-0.15, -0.1) is 11.3 Å². The van der Waals surface area contributed by atoms with Crippen molar-refractivity contribution in [2.24, 2.45) is 0 Å². The van der Waals surface area contributed by atoms with Crippen LogP contribution >= 0.6 is 11.3 Å². The Morgan fingerprint density at radius 3 is 2.08 bits per heavy atom. The summed E-state index contributed by atoms with van der Waals surface area (Å²) < 4.78 is 10.6. The van der Waals surface area contributed by atoms with E-state index in [-0.39, 0.29) is 5.91 Å². The molecule has 37 heavy (non-hydrogen) atoms. The molecule has 0 saturated carbocycles. The van der Waals surface area contributed by atoms with Crippen LogP contribution in [0.15, 0.2) is 66.1 Å². The van der Waals surface area contributed by atoms with E-state index in [1.165, 1.54) is 6.08 Å². The number of rotatable bonds is 6. The third-order valence-electron chi connectivity index (χ3n) is 4.70. The van der Waals surface area contributed by atoms with Gasteiger partial charge in [0.2, 0.25) is 0 Å². The summed E-state index contributed by atoms with van der Waals surface area (Å²) in [6, 6.07) is 16.1. The van der Waals surface area contributed by atoms with E-state index < -0.39 is 23.3 Å². The van der Waals surface area contributed by atoms with E-state index in [9.17, 15) is 14.4 Å². The van der Waals surface area contributed by atoms with Crippen LogP contribution in [0.3, 0.4) is 0 Å². The molecule has 2 aromatic carbocycles. The Hall–Kier alpha value is -3.91. The number of nitrogens with one attached hydrogen (secondary N) is 2. The smallest absolute Gasteiger partial charge is 0.412 e. The summed E-state index contributed by atoms with van der Waals surface area (Å²) in [7, 11) is 0. The van der Waals surface area contributed by atoms with Crippen LogP contribution in [-0.2, 0) is 14.3 Å². The SMILES string of the molecule is CC(C)(C)OC(=O)C=Cc1ccc(C(=O)Nc2cc(-c3cccs3)ccc2NC(=O)OC(C)(C)C)cc1. The number of esters is 1. The second kappa shape index (κ2) is 11.4. The predicted molar refractivity (Wildman–Crippen MR) is 149 cm³/mol. The molecule has 7 nitrogen and oxygen atoms in total. The van der Waals surface area contributed by atoms with Crippen molar-refractivity contribution >= 4 is 46.8 Å². The van der Waals surface area contributed by atoms with E-state index in [0.717, 1.165) is 16.0 Å². The zero-order chi connectivity index (χ0) is 27.2. The quantitative estimate of drug-likeness (QED) is 0.261. The minimum Gasteiger partial charge on any atom is -0.457 e. The normalized spacial score (nSPS) is 11.7. The van der Waals surface area contributed by atoms with Gasteiger partial charge in [-0.1, -0.05) is 24.3 Å². The summed E-state index contributed by atoms with van der Waals surface area (Å²) >= 11 is 1.57. The van der Waals surface area contributed by atoms with Crippen molar-refractivity contribution in [3.63, 3.8) is 0 Å². The van der Waals surface area contributed by atoms with Crippen LogP contribution in [0.5, 0.6) is 0 Å². The lowest BCUT2D eigenvalue weighted by Crippen LogP contribution is -2.27. The highest BCUT2D eigenvalue weighted by molar-refractivity contribution is 7.13. The van der Waals surface area contributed by atoms with E-state index in [2.05, 4.69) is 10.6 Å². The number of thiophene rings is 1. The van der Waals surface area contributed by atoms with Gasteiger partial charge in [0, 0.05) is 16.5 Å². The predicted octanol–water partition coefficient (Wildman–Crippen LogP) is 7.37. The molecule has 0 spiro atoms. The van der Waals surface area contributed by atoms with Crippen LogP contribution in [0, 0.1) is 0 Å². The molecule has 3 rings (SSSR count). The van der Waals surface area contributed by atoms with Gasteiger partial charge in [0.25, 0.3) is 5.91 Å². The van der Waals surface area contributed by atoms with Crippen LogP contribution in [-0.4, -0.2) is 29.2 Å². The first-order valence-corrected chi connectivity index (χ1v) is 12.7. The van der Waals surface area contributed by atoms with Gasteiger partial charge in [-0.05, 0) is 94.5 Å². The summed E-state index contributed by atoms with van der Waals surface area (Å²) in [6.07, 6.45) is 2.36. The number of hydrogen-bond acceptors (Lipinski definition) is 6. The molecule has 8 heteroatoms. The number of ether oxygens (including phenoxy) is 2. The number of carbonyl (C=O) groups excluding carboxylic acids is 3. The van der Waals surface area contributed by atoms with Gasteiger partial charge in [-0.2, -0.15) is 0 Å². The lowest BCUT2D eigenvalue weighted by molar-refractivity contribution is -0.148. The highest BCUT2D eigenvalue weighted by Crippen LogP contribution is 2.32. The molecule has 0 aliphatic carbocycles. The average molecular weight is 521 g/mol. The van der Waals surface area contributed by atoms with Gasteiger partial charge >= 0.3 is 12.1 Å². The second-order valence-electron chi connectivity index (χ2n) is 10.3. The Morgan fingerprint density at radius 2 is 1.49 bits per heavy atom. The monoisotopic (exact) mass is 520 g/mol. The fraction of sp³-hybridized carbons (Fsp3) is 0.276. The standard InChI is InChI=1S/C29H32N2O5S/c1-28(2,3)35-25(32)16-11-19-9-12-20(13-10-19)26(33)30-23-18-21(24-8-7-17-37-24)14-15-22(23)31-27(34)36-29(4,5)6/h7-18H,1-6H3,(H,30,33)(H,31,34). The molecule has 194 valence electrons. The molecule has 0 bridgehead atoms. The number of amides is 2. The summed E-state index contributed by atoms with van der Waals surface area (Å²) in [5.41, 5.74) is 1.69. The Kier molecular flexibility index (Phi) is 8.55. The molecule has 2 amide bonds. The highest BCUT2D eigenvalue weighted by Gasteiger charge is 2.19. The third kappa shape index (κ3) is 8.91. The molecule has 0 saturated heterocycles. The lowest BCUT2D eigenvalue weighted by atomic mass is 10.1. The molecule has 3 aromatic rings. The number of benzene rings is 2. The van der Waals surface area contributed by atoms with Crippen molar-refractivity contribution in [2.45, 2.75) is 52.7 Å². The number of anilines is 2. The Labute approximate surface area is 221 Å². The maximum absolute atomic E-state index is 13.1. The minimum atomic E-state index is -0.663. The molecule has 1 heterocycles. The van der Waals surface area contributed by atoms with Crippen molar-refractivity contribution in [1.82, 2.24) is 0 Å². The average Bonchev–Trinajstić information content (AvgIpc) is 3.32. The molecule has 0 unspecified atom stereocenters. The number of carbonyl (C=O) groups is 3. The van der Waals surface area contributed by atoms with Gasteiger partial charge < -0.3 is 14.8 Å². The van der Waals surface area contributed by atoms with Crippen molar-refractivity contribution in [3.05, 3.63) is 77.2 Å². The van der Waals surface area contributed by atoms with Gasteiger partial charge in [-0.3, -0.25) is 10.1 Å². The zero-order valence-corrected chi connectivity index (χ0v) is 22.7. The lowest BCUT2D eigenvalue weighted by Gasteiger charge is -2.21. The molecule has 2 N–H and O–H groups in total. The Bertz CT molecular complexity index is 1280. The zero-order valence-electron chi connectivity index (χ0n) is 21.9. The summed E-state index contributed by atoms with van der Waals surface area (Å²) in [5, 5.41) is 7.59. The Balaban J connectivity index is 1.78. The molecule has 0 atom stereocenters. The molecule has 1 aromatic heterocycles. The van der Waals surface area contributed by atoms with Crippen LogP contribution in [0.4, 0.5) is 16.2 Å². The van der Waals surface area contributed by atoms with Gasteiger partial charge in [0.1, 0.15) is 11.2 Å². The highest BCUT2D eigenvalue weighted by atomic mass is 32.1. The fourth-order valence-electron chi connectivity index (χ4n) is 3.21. The first kappa shape index (κ1) is 27.7.